The molecule has 0 spiro atoms. The second-order valence-electron chi connectivity index (χ2n) is 0.283. The van der Waals surface area contributed by atoms with Crippen LogP contribution in [-0.4, -0.2) is 91.8 Å². The molecule has 0 unspecified atom stereocenters. The van der Waals surface area contributed by atoms with Crippen molar-refractivity contribution in [3.63, 3.8) is 0 Å². The van der Waals surface area contributed by atoms with E-state index in [1.54, 1.807) is 0 Å². The summed E-state index contributed by atoms with van der Waals surface area (Å²) < 4.78 is 0. The minimum atomic E-state index is -1.83. The smallest absolute Gasteiger partial charge is 1.00 e. The van der Waals surface area contributed by atoms with Crippen LogP contribution in [0.3, 0.4) is 0 Å². The van der Waals surface area contributed by atoms with Crippen molar-refractivity contribution in [1.82, 2.24) is 0 Å². The largest absolute Gasteiger partial charge is 1.00 e. The van der Waals surface area contributed by atoms with Crippen LogP contribution in [0.2, 0.25) is 0 Å². The van der Waals surface area contributed by atoms with Crippen molar-refractivity contribution in [2.75, 3.05) is 0 Å². The molecule has 0 saturated carbocycles. The molecule has 0 heterocycles. The van der Waals surface area contributed by atoms with Crippen LogP contribution >= 0.6 is 24.8 Å². The third kappa shape index (κ3) is 81.0. The van der Waals surface area contributed by atoms with E-state index in [1.165, 1.54) is 0 Å². The van der Waals surface area contributed by atoms with Gasteiger partial charge in [-0.1, -0.05) is 0 Å². The summed E-state index contributed by atoms with van der Waals surface area (Å²) in [5.74, 6) is 0. The Morgan fingerprint density at radius 2 is 1.25 bits per heavy atom. The molecule has 0 amide bonds. The summed E-state index contributed by atoms with van der Waals surface area (Å²) in [6.45, 7) is 0. The molecule has 0 rings (SSSR count). The molecule has 7 heteroatoms. The normalized spacial score (nSPS) is 3.00. The monoisotopic (exact) mass is 217 g/mol. The van der Waals surface area contributed by atoms with Crippen LogP contribution in [0, 0.1) is 0 Å². The van der Waals surface area contributed by atoms with Crippen LogP contribution in [0.25, 0.3) is 0 Å². The molecule has 0 radical (unpaired) electrons. The molecular weight excluding hydrogens is 211 g/mol. The predicted octanol–water partition coefficient (Wildman–Crippen LogP) is -0.118. The number of rotatable bonds is 0. The first kappa shape index (κ1) is 31.6. The Labute approximate surface area is 121 Å². The second-order valence-corrected chi connectivity index (χ2v) is 0.283. The minimum absolute atomic E-state index is 0. The van der Waals surface area contributed by atoms with E-state index in [9.17, 15) is 0 Å². The van der Waals surface area contributed by atoms with Gasteiger partial charge in [-0.3, -0.25) is 0 Å². The Morgan fingerprint density at radius 1 is 1.25 bits per heavy atom. The van der Waals surface area contributed by atoms with Gasteiger partial charge in [0.1, 0.15) is 0 Å². The number of carbonyl (C=O) groups is 1. The Kier molecular flexibility index (Phi) is 89.8. The summed E-state index contributed by atoms with van der Waals surface area (Å²) in [4.78, 5) is 8.56. The van der Waals surface area contributed by atoms with Gasteiger partial charge in [0.2, 0.25) is 0 Å². The van der Waals surface area contributed by atoms with E-state index in [0.29, 0.717) is 0 Å². The maximum atomic E-state index is 8.56. The van der Waals surface area contributed by atoms with Gasteiger partial charge in [-0.05, 0) is 0 Å². The van der Waals surface area contributed by atoms with Gasteiger partial charge in [0.05, 0.1) is 0 Å². The average molecular weight is 218 g/mol. The van der Waals surface area contributed by atoms with Crippen LogP contribution < -0.4 is 0 Å². The van der Waals surface area contributed by atoms with Gasteiger partial charge in [0.25, 0.3) is 0 Å². The second kappa shape index (κ2) is 22.8. The first-order valence-corrected chi connectivity index (χ1v) is 0.651. The Hall–Kier alpha value is 2.37. The molecule has 0 fully saturated rings. The maximum Gasteiger partial charge on any atom is 1.00 e. The van der Waals surface area contributed by atoms with E-state index in [0.717, 1.165) is 0 Å². The van der Waals surface area contributed by atoms with Crippen LogP contribution in [0.4, 0.5) is 4.79 Å². The quantitative estimate of drug-likeness (QED) is 0.557. The first-order valence-electron chi connectivity index (χ1n) is 0.651. The van der Waals surface area contributed by atoms with Crippen molar-refractivity contribution in [2.24, 2.45) is 0 Å². The summed E-state index contributed by atoms with van der Waals surface area (Å²) >= 11 is 0. The fourth-order valence-electron chi connectivity index (χ4n) is 0. The van der Waals surface area contributed by atoms with Gasteiger partial charge in [0, 0.05) is 0 Å². The van der Waals surface area contributed by atoms with Crippen LogP contribution in [-0.2, 0) is 0 Å². The van der Waals surface area contributed by atoms with Crippen molar-refractivity contribution in [3.05, 3.63) is 0 Å². The van der Waals surface area contributed by atoms with Gasteiger partial charge < -0.3 is 10.2 Å². The molecule has 0 saturated heterocycles. The minimum Gasteiger partial charge on any atom is 1.00 e. The molecule has 0 aliphatic carbocycles. The van der Waals surface area contributed by atoms with Gasteiger partial charge in [-0.25, -0.2) is 4.79 Å². The molecule has 0 bridgehead atoms. The molecule has 0 aromatic carbocycles. The van der Waals surface area contributed by atoms with Crippen molar-refractivity contribution >= 4 is 106 Å². The molecule has 3 nitrogen and oxygen atoms in total. The zero-order valence-corrected chi connectivity index (χ0v) is 7.17. The van der Waals surface area contributed by atoms with E-state index in [1.807, 2.05) is 0 Å². The zero-order chi connectivity index (χ0) is 3.58. The van der Waals surface area contributed by atoms with Gasteiger partial charge >= 0.3 is 83.1 Å². The SMILES string of the molecule is Cl.Cl.O=C(O)O.[Ca+2].[CaH2].[H+]. The third-order valence-electron chi connectivity index (χ3n) is 0. The molecule has 44 valence electrons. The summed E-state index contributed by atoms with van der Waals surface area (Å²) in [5, 5.41) is 13.9. The zero-order valence-electron chi connectivity index (χ0n) is 4.33. The summed E-state index contributed by atoms with van der Waals surface area (Å²) in [6, 6.07) is 0. The van der Waals surface area contributed by atoms with Crippen LogP contribution in [0.15, 0.2) is 0 Å². The molecule has 0 aliphatic rings. The average Bonchev–Trinajstić information content (AvgIpc) is 0.811. The molecule has 0 aromatic heterocycles. The molecular formula is CH7Ca2Cl2O3+3. The van der Waals surface area contributed by atoms with E-state index < -0.39 is 6.16 Å². The Morgan fingerprint density at radius 3 is 1.25 bits per heavy atom. The molecule has 2 N–H and O–H groups in total. The van der Waals surface area contributed by atoms with Crippen molar-refractivity contribution in [2.45, 2.75) is 0 Å². The van der Waals surface area contributed by atoms with Crippen molar-refractivity contribution < 1.29 is 16.4 Å². The van der Waals surface area contributed by atoms with E-state index >= 15 is 0 Å². The topological polar surface area (TPSA) is 57.5 Å². The number of halogens is 2. The Balaban J connectivity index is -0.00000000450. The van der Waals surface area contributed by atoms with E-state index in [4.69, 9.17) is 15.0 Å². The predicted molar refractivity (Wildman–Crippen MR) is 40.6 cm³/mol. The first-order chi connectivity index (χ1) is 1.73. The van der Waals surface area contributed by atoms with Crippen molar-refractivity contribution in [3.8, 4) is 0 Å². The number of hydrogen-bond acceptors (Lipinski definition) is 1. The Bertz CT molecular complexity index is 42.8. The molecule has 0 aromatic rings. The number of carboxylic acid groups (broad SMARTS) is 2. The molecule has 0 aliphatic heterocycles. The van der Waals surface area contributed by atoms with Gasteiger partial charge in [-0.2, -0.15) is 0 Å². The fraction of sp³-hybridized carbons (Fsp3) is 0. The third-order valence-corrected chi connectivity index (χ3v) is 0. The fourth-order valence-corrected chi connectivity index (χ4v) is 0. The van der Waals surface area contributed by atoms with Gasteiger partial charge in [-0.15, -0.1) is 24.8 Å². The van der Waals surface area contributed by atoms with Gasteiger partial charge in [0.15, 0.2) is 0 Å². The van der Waals surface area contributed by atoms with E-state index in [2.05, 4.69) is 0 Å². The summed E-state index contributed by atoms with van der Waals surface area (Å²) in [6.07, 6.45) is -1.83. The van der Waals surface area contributed by atoms with Crippen molar-refractivity contribution in [1.29, 1.82) is 0 Å². The van der Waals surface area contributed by atoms with Crippen LogP contribution in [0.1, 0.15) is 1.43 Å². The van der Waals surface area contributed by atoms with E-state index in [-0.39, 0.29) is 102 Å². The standard InChI is InChI=1S/CH2O3.2Ca.2ClH.2H/c2-1(3)4;;;;;;/h(H2,2,3,4);;;2*1H;;/q;;+2;;;;/p+1. The maximum absolute atomic E-state index is 8.56. The molecule has 0 atom stereocenters. The summed E-state index contributed by atoms with van der Waals surface area (Å²) in [7, 11) is 0. The molecule has 8 heavy (non-hydrogen) atoms. The summed E-state index contributed by atoms with van der Waals surface area (Å²) in [5.41, 5.74) is 0. The number of hydrogen-bond donors (Lipinski definition) is 2. The van der Waals surface area contributed by atoms with Crippen LogP contribution in [0.5, 0.6) is 0 Å².